The Hall–Kier alpha value is -4.89. The van der Waals surface area contributed by atoms with Crippen LogP contribution in [0, 0.1) is 0 Å². The number of ether oxygens (including phenoxy) is 3. The summed E-state index contributed by atoms with van der Waals surface area (Å²) in [6, 6.07) is 22.0. The Kier molecular flexibility index (Phi) is 17.9. The Labute approximate surface area is 417 Å². The maximum atomic E-state index is 13.4. The van der Waals surface area contributed by atoms with Gasteiger partial charge in [-0.15, -0.1) is 0 Å². The van der Waals surface area contributed by atoms with Crippen LogP contribution in [0.15, 0.2) is 97.1 Å². The molecule has 1 amide bonds. The lowest BCUT2D eigenvalue weighted by molar-refractivity contribution is -0.148. The van der Waals surface area contributed by atoms with Crippen LogP contribution >= 0.6 is 0 Å². The molecule has 4 bridgehead atoms. The molecule has 4 heterocycles. The number of fused-ring (bicyclic) bond motifs is 4. The van der Waals surface area contributed by atoms with E-state index in [9.17, 15) is 62.6 Å². The highest BCUT2D eigenvalue weighted by molar-refractivity contribution is 5.65. The summed E-state index contributed by atoms with van der Waals surface area (Å²) in [6.07, 6.45) is -17.7. The molecule has 4 aromatic carbocycles. The number of hydrogen-bond acceptors (Lipinski definition) is 7. The van der Waals surface area contributed by atoms with Crippen molar-refractivity contribution >= 4 is 6.09 Å². The van der Waals surface area contributed by atoms with Gasteiger partial charge in [0.2, 0.25) is 0 Å². The summed E-state index contributed by atoms with van der Waals surface area (Å²) in [5, 5.41) is 10.9. The van der Waals surface area contributed by atoms with Gasteiger partial charge in [0.25, 0.3) is 0 Å². The number of rotatable bonds is 11. The zero-order valence-electron chi connectivity index (χ0n) is 38.9. The van der Waals surface area contributed by atoms with Crippen molar-refractivity contribution in [2.75, 3.05) is 39.4 Å². The largest absolute Gasteiger partial charge is 0.442 e. The van der Waals surface area contributed by atoms with E-state index >= 15 is 0 Å². The molecular weight excluding hydrogens is 987 g/mol. The van der Waals surface area contributed by atoms with Crippen LogP contribution in [0.5, 0.6) is 0 Å². The Bertz CT molecular complexity index is 2410. The molecule has 0 spiro atoms. The first-order chi connectivity index (χ1) is 33.1. The van der Waals surface area contributed by atoms with Crippen molar-refractivity contribution in [3.05, 3.63) is 142 Å². The van der Waals surface area contributed by atoms with Gasteiger partial charge in [-0.1, -0.05) is 75.5 Å². The average molecular weight is 1050 g/mol. The summed E-state index contributed by atoms with van der Waals surface area (Å²) in [7, 11) is 0. The summed E-state index contributed by atoms with van der Waals surface area (Å²) in [5.41, 5.74) is -1.58. The molecule has 0 radical (unpaired) electrons. The molecule has 4 aliphatic heterocycles. The van der Waals surface area contributed by atoms with Crippen molar-refractivity contribution < 1.29 is 76.8 Å². The van der Waals surface area contributed by atoms with E-state index in [4.69, 9.17) is 19.9 Å². The highest BCUT2D eigenvalue weighted by Crippen LogP contribution is 2.49. The summed E-state index contributed by atoms with van der Waals surface area (Å²) in [4.78, 5) is 15.8. The number of primary amides is 1. The number of amides is 1. The van der Waals surface area contributed by atoms with Crippen molar-refractivity contribution in [1.29, 1.82) is 0 Å². The molecule has 4 aliphatic rings. The number of benzene rings is 4. The van der Waals surface area contributed by atoms with Crippen LogP contribution in [0.3, 0.4) is 0 Å². The molecule has 3 unspecified atom stereocenters. The van der Waals surface area contributed by atoms with Gasteiger partial charge in [-0.3, -0.25) is 9.80 Å². The van der Waals surface area contributed by atoms with E-state index in [2.05, 4.69) is 9.80 Å². The molecule has 4 aromatic rings. The Morgan fingerprint density at radius 2 is 0.932 bits per heavy atom. The van der Waals surface area contributed by atoms with Crippen LogP contribution in [0.1, 0.15) is 137 Å². The second-order valence-corrected chi connectivity index (χ2v) is 19.3. The highest BCUT2D eigenvalue weighted by Gasteiger charge is 2.54. The fourth-order valence-corrected chi connectivity index (χ4v) is 10.7. The van der Waals surface area contributed by atoms with Crippen LogP contribution in [0.25, 0.3) is 0 Å². The normalized spacial score (nSPS) is 26.9. The first-order valence-electron chi connectivity index (χ1n) is 23.2. The molecule has 20 heteroatoms. The number of nitrogens with two attached hydrogens (primary N) is 1. The predicted molar refractivity (Wildman–Crippen MR) is 250 cm³/mol. The summed E-state index contributed by atoms with van der Waals surface area (Å²) in [5.74, 6) is 0. The van der Waals surface area contributed by atoms with E-state index in [1.54, 1.807) is 0 Å². The number of alkyl halides is 12. The average Bonchev–Trinajstić information content (AvgIpc) is 3.30. The van der Waals surface area contributed by atoms with E-state index in [0.29, 0.717) is 70.3 Å². The molecule has 0 saturated carbocycles. The molecule has 8 nitrogen and oxygen atoms in total. The third-order valence-electron chi connectivity index (χ3n) is 14.5. The van der Waals surface area contributed by atoms with Crippen molar-refractivity contribution in [3.8, 4) is 0 Å². The molecule has 8 atom stereocenters. The zero-order valence-corrected chi connectivity index (χ0v) is 38.9. The van der Waals surface area contributed by atoms with E-state index in [1.165, 1.54) is 13.8 Å². The lowest BCUT2D eigenvalue weighted by atomic mass is 9.72. The van der Waals surface area contributed by atoms with E-state index < -0.39 is 87.5 Å². The lowest BCUT2D eigenvalue weighted by Gasteiger charge is -2.56. The van der Waals surface area contributed by atoms with Gasteiger partial charge in [0, 0.05) is 13.1 Å². The number of nitrogens with zero attached hydrogens (tertiary/aromatic N) is 2. The molecule has 73 heavy (non-hydrogen) atoms. The first-order valence-corrected chi connectivity index (χ1v) is 23.2. The lowest BCUT2D eigenvalue weighted by Crippen LogP contribution is -2.64. The molecule has 3 N–H and O–H groups in total. The SMILES string of the molecule is C.C.C[C@@H](OC[C@@]1(c2ccccc2)CCC2(O)CCCN1C2)c1cc(C(F)(F)F)cc(C(F)(F)F)c1.C[C@@H](OC[C@@]1(c2ccccc2)CC[C@@]2(OC(N)=O)CCCN1C2)c1cc(C(F)(F)F)cc(C(F)(F)F)c1. The molecule has 8 rings (SSSR count). The maximum Gasteiger partial charge on any atom is 0.416 e. The second-order valence-electron chi connectivity index (χ2n) is 19.3. The van der Waals surface area contributed by atoms with Gasteiger partial charge in [0.05, 0.1) is 64.4 Å². The number of piperidine rings is 4. The van der Waals surface area contributed by atoms with Crippen LogP contribution < -0.4 is 5.73 Å². The summed E-state index contributed by atoms with van der Waals surface area (Å²) < 4.78 is 178. The molecular formula is C53H63F12N3O5. The zero-order chi connectivity index (χ0) is 51.8. The van der Waals surface area contributed by atoms with Gasteiger partial charge >= 0.3 is 30.8 Å². The Morgan fingerprint density at radius 1 is 0.562 bits per heavy atom. The molecule has 404 valence electrons. The van der Waals surface area contributed by atoms with Crippen LogP contribution in [-0.2, 0) is 50.0 Å². The van der Waals surface area contributed by atoms with Crippen molar-refractivity contribution in [3.63, 3.8) is 0 Å². The van der Waals surface area contributed by atoms with Crippen molar-refractivity contribution in [1.82, 2.24) is 9.80 Å². The first kappa shape index (κ1) is 59.0. The van der Waals surface area contributed by atoms with E-state index in [1.807, 2.05) is 60.7 Å². The molecule has 0 aromatic heterocycles. The Balaban J connectivity index is 0.000000264. The number of hydrogen-bond donors (Lipinski definition) is 2. The van der Waals surface area contributed by atoms with Crippen LogP contribution in [0.2, 0.25) is 0 Å². The number of carbonyl (C=O) groups excluding carboxylic acids is 1. The van der Waals surface area contributed by atoms with Gasteiger partial charge in [-0.25, -0.2) is 4.79 Å². The molecule has 4 saturated heterocycles. The Morgan fingerprint density at radius 3 is 1.32 bits per heavy atom. The molecule has 0 aliphatic carbocycles. The second kappa shape index (κ2) is 22.1. The van der Waals surface area contributed by atoms with E-state index in [-0.39, 0.29) is 51.3 Å². The van der Waals surface area contributed by atoms with Crippen molar-refractivity contribution in [2.45, 2.75) is 139 Å². The van der Waals surface area contributed by atoms with Gasteiger partial charge in [-0.2, -0.15) is 52.7 Å². The van der Waals surface area contributed by atoms with Crippen LogP contribution in [0.4, 0.5) is 57.5 Å². The number of aliphatic hydroxyl groups is 1. The smallest absolute Gasteiger partial charge is 0.416 e. The fourth-order valence-electron chi connectivity index (χ4n) is 10.7. The third-order valence-corrected chi connectivity index (χ3v) is 14.5. The van der Waals surface area contributed by atoms with Gasteiger partial charge in [0.1, 0.15) is 5.60 Å². The van der Waals surface area contributed by atoms with Gasteiger partial charge < -0.3 is 25.1 Å². The standard InChI is InChI=1S/C26H28F6N2O3.C25H27F6NO2.2CH4/c1-17(18-12-20(25(27,28)29)14-21(13-18)26(30,31)32)36-16-24(19-6-3-2-4-7-19)10-9-23(37-22(33)35)8-5-11-34(24)15-23;1-17(18-12-20(24(26,27)28)14-21(13-18)25(29,30)31)34-16-23(19-6-3-2-4-7-19)10-9-22(33)8-5-11-32(23)15-22;;/h2-4,6-7,12-14,17H,5,8-11,15-16H2,1H3,(H2,33,35);2-4,6-7,12-14,17,33H,5,8-11,15-16H2,1H3;2*1H4/t17-,23+,24-;17-,22?,23-;;/m11../s1. The van der Waals surface area contributed by atoms with E-state index in [0.717, 1.165) is 42.6 Å². The predicted octanol–water partition coefficient (Wildman–Crippen LogP) is 14.0. The fraction of sp³-hybridized carbons (Fsp3) is 0.528. The maximum absolute atomic E-state index is 13.4. The number of carbonyl (C=O) groups is 1. The minimum atomic E-state index is -4.94. The van der Waals surface area contributed by atoms with Crippen LogP contribution in [-0.4, -0.2) is 71.6 Å². The topological polar surface area (TPSA) is 97.5 Å². The third kappa shape index (κ3) is 13.3. The summed E-state index contributed by atoms with van der Waals surface area (Å²) in [6.45, 7) is 5.20. The quantitative estimate of drug-likeness (QED) is 0.144. The number of halogens is 12. The van der Waals surface area contributed by atoms with Crippen molar-refractivity contribution in [2.24, 2.45) is 5.73 Å². The minimum absolute atomic E-state index is 0. The summed E-state index contributed by atoms with van der Waals surface area (Å²) >= 11 is 0. The van der Waals surface area contributed by atoms with Gasteiger partial charge in [0.15, 0.2) is 0 Å². The highest BCUT2D eigenvalue weighted by atomic mass is 19.4. The monoisotopic (exact) mass is 1050 g/mol. The molecule has 4 fully saturated rings. The minimum Gasteiger partial charge on any atom is -0.442 e. The van der Waals surface area contributed by atoms with Gasteiger partial charge in [-0.05, 0) is 137 Å².